The molecular formula is C16H12F3NO. The highest BCUT2D eigenvalue weighted by atomic mass is 19.4. The molecule has 0 saturated carbocycles. The standard InChI is InChI=1S/C16H12F3NO/c17-16(18,19)13-7-4-8-14(11-13)20-10-9-15(21)12-5-2-1-3-6-12/h1-11,20H/b10-9-. The highest BCUT2D eigenvalue weighted by Gasteiger charge is 2.30. The third-order valence-corrected chi connectivity index (χ3v) is 2.73. The zero-order chi connectivity index (χ0) is 15.3. The van der Waals surface area contributed by atoms with Gasteiger partial charge in [-0.25, -0.2) is 0 Å². The van der Waals surface area contributed by atoms with Crippen LogP contribution in [0.4, 0.5) is 18.9 Å². The minimum absolute atomic E-state index is 0.227. The molecule has 5 heteroatoms. The molecule has 0 spiro atoms. The zero-order valence-corrected chi connectivity index (χ0v) is 10.9. The van der Waals surface area contributed by atoms with Crippen molar-refractivity contribution >= 4 is 11.5 Å². The highest BCUT2D eigenvalue weighted by Crippen LogP contribution is 2.30. The Bertz CT molecular complexity index is 648. The number of rotatable bonds is 4. The molecule has 108 valence electrons. The van der Waals surface area contributed by atoms with Crippen LogP contribution in [0, 0.1) is 0 Å². The molecule has 0 atom stereocenters. The van der Waals surface area contributed by atoms with Gasteiger partial charge in [-0.2, -0.15) is 13.2 Å². The molecule has 0 aromatic heterocycles. The van der Waals surface area contributed by atoms with Gasteiger partial charge in [-0.05, 0) is 18.2 Å². The third-order valence-electron chi connectivity index (χ3n) is 2.73. The van der Waals surface area contributed by atoms with Crippen molar-refractivity contribution in [1.29, 1.82) is 0 Å². The number of nitrogens with one attached hydrogen (secondary N) is 1. The molecule has 0 heterocycles. The molecule has 2 nitrogen and oxygen atoms in total. The minimum atomic E-state index is -4.39. The quantitative estimate of drug-likeness (QED) is 0.663. The Hall–Kier alpha value is -2.56. The molecular weight excluding hydrogens is 279 g/mol. The molecule has 0 amide bonds. The number of carbonyl (C=O) groups is 1. The van der Waals surface area contributed by atoms with Gasteiger partial charge in [-0.1, -0.05) is 36.4 Å². The zero-order valence-electron chi connectivity index (χ0n) is 10.9. The molecule has 0 radical (unpaired) electrons. The monoisotopic (exact) mass is 291 g/mol. The molecule has 2 rings (SSSR count). The van der Waals surface area contributed by atoms with Gasteiger partial charge in [0.1, 0.15) is 0 Å². The Morgan fingerprint density at radius 3 is 2.38 bits per heavy atom. The van der Waals surface area contributed by atoms with Crippen LogP contribution < -0.4 is 5.32 Å². The second-order valence-corrected chi connectivity index (χ2v) is 4.29. The van der Waals surface area contributed by atoms with Crippen molar-refractivity contribution in [1.82, 2.24) is 0 Å². The van der Waals surface area contributed by atoms with E-state index < -0.39 is 11.7 Å². The van der Waals surface area contributed by atoms with E-state index in [2.05, 4.69) is 5.32 Å². The Morgan fingerprint density at radius 1 is 1.00 bits per heavy atom. The van der Waals surface area contributed by atoms with Gasteiger partial charge >= 0.3 is 6.18 Å². The van der Waals surface area contributed by atoms with Crippen LogP contribution >= 0.6 is 0 Å². The number of ketones is 1. The first-order valence-electron chi connectivity index (χ1n) is 6.16. The third kappa shape index (κ3) is 4.21. The van der Waals surface area contributed by atoms with Crippen LogP contribution in [0.5, 0.6) is 0 Å². The summed E-state index contributed by atoms with van der Waals surface area (Å²) in [5.74, 6) is -0.227. The highest BCUT2D eigenvalue weighted by molar-refractivity contribution is 6.04. The summed E-state index contributed by atoms with van der Waals surface area (Å²) < 4.78 is 37.6. The van der Waals surface area contributed by atoms with Crippen molar-refractivity contribution in [3.63, 3.8) is 0 Å². The van der Waals surface area contributed by atoms with Crippen LogP contribution in [0.25, 0.3) is 0 Å². The van der Waals surface area contributed by atoms with Gasteiger partial charge in [0.2, 0.25) is 0 Å². The summed E-state index contributed by atoms with van der Waals surface area (Å²) in [5.41, 5.74) is 0.0387. The number of hydrogen-bond acceptors (Lipinski definition) is 2. The molecule has 1 N–H and O–H groups in total. The van der Waals surface area contributed by atoms with E-state index in [1.807, 2.05) is 0 Å². The van der Waals surface area contributed by atoms with E-state index in [1.165, 1.54) is 24.4 Å². The maximum atomic E-state index is 12.5. The molecule has 21 heavy (non-hydrogen) atoms. The fourth-order valence-corrected chi connectivity index (χ4v) is 1.70. The van der Waals surface area contributed by atoms with Gasteiger partial charge in [-0.3, -0.25) is 4.79 Å². The lowest BCUT2D eigenvalue weighted by atomic mass is 10.1. The molecule has 0 aliphatic heterocycles. The number of carbonyl (C=O) groups excluding carboxylic acids is 1. The molecule has 0 unspecified atom stereocenters. The Kier molecular flexibility index (Phi) is 4.42. The molecule has 0 saturated heterocycles. The smallest absolute Gasteiger partial charge is 0.362 e. The maximum Gasteiger partial charge on any atom is 0.416 e. The molecule has 0 bridgehead atoms. The second kappa shape index (κ2) is 6.26. The van der Waals surface area contributed by atoms with Gasteiger partial charge in [0.05, 0.1) is 5.56 Å². The largest absolute Gasteiger partial charge is 0.416 e. The molecule has 0 aliphatic rings. The number of anilines is 1. The maximum absolute atomic E-state index is 12.5. The predicted octanol–water partition coefficient (Wildman–Crippen LogP) is 4.51. The van der Waals surface area contributed by atoms with Crippen molar-refractivity contribution in [3.05, 3.63) is 78.0 Å². The van der Waals surface area contributed by atoms with Gasteiger partial charge in [-0.15, -0.1) is 0 Å². The lowest BCUT2D eigenvalue weighted by Crippen LogP contribution is -2.05. The summed E-state index contributed by atoms with van der Waals surface area (Å²) in [5, 5.41) is 2.66. The minimum Gasteiger partial charge on any atom is -0.362 e. The van der Waals surface area contributed by atoms with Crippen LogP contribution in [0.1, 0.15) is 15.9 Å². The summed E-state index contributed by atoms with van der Waals surface area (Å²) in [4.78, 5) is 11.8. The first-order valence-corrected chi connectivity index (χ1v) is 6.16. The number of benzene rings is 2. The van der Waals surface area contributed by atoms with E-state index in [9.17, 15) is 18.0 Å². The van der Waals surface area contributed by atoms with Crippen molar-refractivity contribution in [2.24, 2.45) is 0 Å². The number of alkyl halides is 3. The number of hydrogen-bond donors (Lipinski definition) is 1. The van der Waals surface area contributed by atoms with Crippen LogP contribution in [-0.2, 0) is 6.18 Å². The summed E-state index contributed by atoms with van der Waals surface area (Å²) in [7, 11) is 0. The van der Waals surface area contributed by atoms with E-state index in [0.717, 1.165) is 12.1 Å². The molecule has 2 aromatic carbocycles. The lowest BCUT2D eigenvalue weighted by Gasteiger charge is -2.08. The lowest BCUT2D eigenvalue weighted by molar-refractivity contribution is -0.137. The number of halogens is 3. The first kappa shape index (κ1) is 14.8. The van der Waals surface area contributed by atoms with E-state index >= 15 is 0 Å². The van der Waals surface area contributed by atoms with E-state index in [0.29, 0.717) is 5.56 Å². The summed E-state index contributed by atoms with van der Waals surface area (Å²) >= 11 is 0. The first-order chi connectivity index (χ1) is 9.97. The van der Waals surface area contributed by atoms with Crippen molar-refractivity contribution in [3.8, 4) is 0 Å². The Morgan fingerprint density at radius 2 is 1.71 bits per heavy atom. The van der Waals surface area contributed by atoms with Crippen LogP contribution in [-0.4, -0.2) is 5.78 Å². The fraction of sp³-hybridized carbons (Fsp3) is 0.0625. The van der Waals surface area contributed by atoms with Crippen molar-refractivity contribution in [2.75, 3.05) is 5.32 Å². The SMILES string of the molecule is O=C(/C=C\Nc1cccc(C(F)(F)F)c1)c1ccccc1. The van der Waals surface area contributed by atoms with Crippen molar-refractivity contribution in [2.45, 2.75) is 6.18 Å². The molecule has 0 fully saturated rings. The topological polar surface area (TPSA) is 29.1 Å². The van der Waals surface area contributed by atoms with Crippen LogP contribution in [0.15, 0.2) is 66.9 Å². The summed E-state index contributed by atoms with van der Waals surface area (Å²) in [6.45, 7) is 0. The average molecular weight is 291 g/mol. The second-order valence-electron chi connectivity index (χ2n) is 4.29. The normalized spacial score (nSPS) is 11.6. The molecule has 2 aromatic rings. The van der Waals surface area contributed by atoms with E-state index in [1.54, 1.807) is 30.3 Å². The van der Waals surface area contributed by atoms with Crippen LogP contribution in [0.2, 0.25) is 0 Å². The summed E-state index contributed by atoms with van der Waals surface area (Å²) in [6, 6.07) is 13.4. The average Bonchev–Trinajstić information content (AvgIpc) is 2.47. The predicted molar refractivity (Wildman–Crippen MR) is 75.0 cm³/mol. The van der Waals surface area contributed by atoms with Crippen LogP contribution in [0.3, 0.4) is 0 Å². The van der Waals surface area contributed by atoms with E-state index in [4.69, 9.17) is 0 Å². The van der Waals surface area contributed by atoms with Gasteiger partial charge in [0, 0.05) is 23.5 Å². The van der Waals surface area contributed by atoms with Gasteiger partial charge < -0.3 is 5.32 Å². The van der Waals surface area contributed by atoms with Crippen molar-refractivity contribution < 1.29 is 18.0 Å². The Balaban J connectivity index is 2.03. The van der Waals surface area contributed by atoms with Gasteiger partial charge in [0.15, 0.2) is 5.78 Å². The van der Waals surface area contributed by atoms with Gasteiger partial charge in [0.25, 0.3) is 0 Å². The molecule has 0 aliphatic carbocycles. The van der Waals surface area contributed by atoms with E-state index in [-0.39, 0.29) is 11.5 Å². The number of allylic oxidation sites excluding steroid dienone is 1. The fourth-order valence-electron chi connectivity index (χ4n) is 1.70. The Labute approximate surface area is 119 Å². The summed E-state index contributed by atoms with van der Waals surface area (Å²) in [6.07, 6.45) is -1.79.